The van der Waals surface area contributed by atoms with E-state index in [9.17, 15) is 9.59 Å². The minimum absolute atomic E-state index is 0.109. The van der Waals surface area contributed by atoms with Gasteiger partial charge in [-0.3, -0.25) is 14.5 Å². The summed E-state index contributed by atoms with van der Waals surface area (Å²) in [7, 11) is 0. The maximum absolute atomic E-state index is 12.6. The molecular formula is C15H18N2O2S. The Kier molecular flexibility index (Phi) is 3.61. The lowest BCUT2D eigenvalue weighted by Gasteiger charge is -2.19. The zero-order chi connectivity index (χ0) is 14.1. The minimum Gasteiger partial charge on any atom is -0.366 e. The number of thiophene rings is 1. The highest BCUT2D eigenvalue weighted by molar-refractivity contribution is 7.11. The predicted octanol–water partition coefficient (Wildman–Crippen LogP) is 2.33. The number of hydrogen-bond donors (Lipinski definition) is 0. The van der Waals surface area contributed by atoms with Gasteiger partial charge in [-0.2, -0.15) is 0 Å². The van der Waals surface area contributed by atoms with Crippen LogP contribution in [-0.2, 0) is 9.59 Å². The zero-order valence-electron chi connectivity index (χ0n) is 11.6. The summed E-state index contributed by atoms with van der Waals surface area (Å²) in [6, 6.07) is 3.85. The second-order valence-electron chi connectivity index (χ2n) is 5.16. The van der Waals surface area contributed by atoms with Crippen molar-refractivity contribution < 1.29 is 9.59 Å². The Hall–Kier alpha value is -1.62. The topological polar surface area (TPSA) is 40.6 Å². The highest BCUT2D eigenvalue weighted by Crippen LogP contribution is 2.35. The second-order valence-corrected chi connectivity index (χ2v) is 6.10. The van der Waals surface area contributed by atoms with Crippen LogP contribution in [0.1, 0.15) is 31.1 Å². The van der Waals surface area contributed by atoms with Gasteiger partial charge in [0.1, 0.15) is 5.70 Å². The number of carbonyl (C=O) groups is 2. The fourth-order valence-corrected chi connectivity index (χ4v) is 3.63. The molecule has 4 nitrogen and oxygen atoms in total. The third-order valence-corrected chi connectivity index (χ3v) is 4.67. The van der Waals surface area contributed by atoms with Crippen LogP contribution >= 0.6 is 11.3 Å². The van der Waals surface area contributed by atoms with Crippen molar-refractivity contribution in [2.75, 3.05) is 19.6 Å². The van der Waals surface area contributed by atoms with Crippen LogP contribution in [0, 0.1) is 0 Å². The van der Waals surface area contributed by atoms with Gasteiger partial charge in [-0.25, -0.2) is 0 Å². The van der Waals surface area contributed by atoms with E-state index in [0.29, 0.717) is 17.8 Å². The van der Waals surface area contributed by atoms with Crippen molar-refractivity contribution in [3.8, 4) is 0 Å². The van der Waals surface area contributed by atoms with Crippen molar-refractivity contribution >= 4 is 28.7 Å². The summed E-state index contributed by atoms with van der Waals surface area (Å²) in [4.78, 5) is 29.6. The Labute approximate surface area is 122 Å². The van der Waals surface area contributed by atoms with Crippen molar-refractivity contribution in [1.29, 1.82) is 0 Å². The van der Waals surface area contributed by atoms with Gasteiger partial charge >= 0.3 is 0 Å². The molecule has 20 heavy (non-hydrogen) atoms. The van der Waals surface area contributed by atoms with E-state index in [2.05, 4.69) is 4.90 Å². The van der Waals surface area contributed by atoms with Gasteiger partial charge < -0.3 is 4.90 Å². The Morgan fingerprint density at radius 1 is 1.20 bits per heavy atom. The van der Waals surface area contributed by atoms with Crippen molar-refractivity contribution in [1.82, 2.24) is 9.80 Å². The van der Waals surface area contributed by atoms with Crippen LogP contribution in [0.25, 0.3) is 5.57 Å². The first-order valence-corrected chi connectivity index (χ1v) is 8.01. The first-order chi connectivity index (χ1) is 9.74. The van der Waals surface area contributed by atoms with Crippen LogP contribution in [0.3, 0.4) is 0 Å². The highest BCUT2D eigenvalue weighted by atomic mass is 32.1. The van der Waals surface area contributed by atoms with Crippen LogP contribution in [0.5, 0.6) is 0 Å². The lowest BCUT2D eigenvalue weighted by molar-refractivity contribution is -0.137. The zero-order valence-corrected chi connectivity index (χ0v) is 12.4. The quantitative estimate of drug-likeness (QED) is 0.799. The molecule has 2 aliphatic heterocycles. The molecule has 0 aromatic carbocycles. The molecule has 0 atom stereocenters. The largest absolute Gasteiger partial charge is 0.366 e. The maximum Gasteiger partial charge on any atom is 0.277 e. The monoisotopic (exact) mass is 290 g/mol. The van der Waals surface area contributed by atoms with Crippen molar-refractivity contribution in [2.24, 2.45) is 0 Å². The van der Waals surface area contributed by atoms with E-state index in [0.717, 1.165) is 37.2 Å². The van der Waals surface area contributed by atoms with E-state index in [4.69, 9.17) is 0 Å². The molecule has 3 rings (SSSR count). The Morgan fingerprint density at radius 3 is 2.55 bits per heavy atom. The first kappa shape index (κ1) is 13.4. The van der Waals surface area contributed by atoms with Crippen LogP contribution in [0.4, 0.5) is 0 Å². The molecule has 1 aromatic heterocycles. The molecule has 0 spiro atoms. The number of imide groups is 1. The summed E-state index contributed by atoms with van der Waals surface area (Å²) in [5.74, 6) is -0.233. The first-order valence-electron chi connectivity index (χ1n) is 7.13. The molecule has 0 bridgehead atoms. The van der Waals surface area contributed by atoms with E-state index < -0.39 is 0 Å². The summed E-state index contributed by atoms with van der Waals surface area (Å²) in [6.45, 7) is 4.25. The summed E-state index contributed by atoms with van der Waals surface area (Å²) in [6.07, 6.45) is 2.98. The molecule has 0 unspecified atom stereocenters. The van der Waals surface area contributed by atoms with Crippen LogP contribution in [-0.4, -0.2) is 41.2 Å². The number of carbonyl (C=O) groups excluding carboxylic acids is 2. The lowest BCUT2D eigenvalue weighted by Crippen LogP contribution is -2.35. The van der Waals surface area contributed by atoms with Gasteiger partial charge in [-0.1, -0.05) is 13.0 Å². The predicted molar refractivity (Wildman–Crippen MR) is 79.1 cm³/mol. The van der Waals surface area contributed by atoms with Crippen molar-refractivity contribution in [3.63, 3.8) is 0 Å². The number of amides is 2. The van der Waals surface area contributed by atoms with Gasteiger partial charge in [-0.15, -0.1) is 11.3 Å². The van der Waals surface area contributed by atoms with Crippen molar-refractivity contribution in [2.45, 2.75) is 26.2 Å². The lowest BCUT2D eigenvalue weighted by atomic mass is 10.2. The van der Waals surface area contributed by atoms with Gasteiger partial charge in [0, 0.05) is 24.5 Å². The fourth-order valence-electron chi connectivity index (χ4n) is 2.87. The molecule has 2 aliphatic rings. The summed E-state index contributed by atoms with van der Waals surface area (Å²) < 4.78 is 0. The van der Waals surface area contributed by atoms with Gasteiger partial charge in [-0.05, 0) is 30.7 Å². The van der Waals surface area contributed by atoms with Crippen LogP contribution in [0.2, 0.25) is 0 Å². The third kappa shape index (κ3) is 2.06. The Balaban J connectivity index is 2.05. The molecule has 1 aromatic rings. The van der Waals surface area contributed by atoms with E-state index in [-0.39, 0.29) is 11.8 Å². The van der Waals surface area contributed by atoms with Gasteiger partial charge in [0.15, 0.2) is 0 Å². The number of rotatable bonds is 4. The fraction of sp³-hybridized carbons (Fsp3) is 0.467. The molecule has 2 amide bonds. The Bertz CT molecular complexity index is 556. The molecule has 106 valence electrons. The van der Waals surface area contributed by atoms with E-state index >= 15 is 0 Å². The highest BCUT2D eigenvalue weighted by Gasteiger charge is 2.41. The number of hydrogen-bond acceptors (Lipinski definition) is 4. The molecule has 1 fully saturated rings. The Morgan fingerprint density at radius 2 is 1.95 bits per heavy atom. The van der Waals surface area contributed by atoms with Gasteiger partial charge in [0.2, 0.25) is 0 Å². The normalized spacial score (nSPS) is 19.6. The van der Waals surface area contributed by atoms with Crippen molar-refractivity contribution in [3.05, 3.63) is 28.1 Å². The molecule has 0 aliphatic carbocycles. The number of likely N-dealkylation sites (tertiary alicyclic amines) is 1. The summed E-state index contributed by atoms with van der Waals surface area (Å²) in [5, 5.41) is 1.95. The molecular weight excluding hydrogens is 272 g/mol. The molecule has 3 heterocycles. The third-order valence-electron chi connectivity index (χ3n) is 3.78. The smallest absolute Gasteiger partial charge is 0.277 e. The SMILES string of the molecule is CCCN1C(=O)C(c2cccs2)=C(N2CCCC2)C1=O. The molecule has 0 N–H and O–H groups in total. The van der Waals surface area contributed by atoms with Crippen LogP contribution < -0.4 is 0 Å². The number of nitrogens with zero attached hydrogens (tertiary/aromatic N) is 2. The summed E-state index contributed by atoms with van der Waals surface area (Å²) >= 11 is 1.52. The summed E-state index contributed by atoms with van der Waals surface area (Å²) in [5.41, 5.74) is 1.24. The maximum atomic E-state index is 12.6. The standard InChI is InChI=1S/C15H18N2O2S/c1-2-7-17-14(18)12(11-6-5-10-20-11)13(15(17)19)16-8-3-4-9-16/h5-6,10H,2-4,7-9H2,1H3. The van der Waals surface area contributed by atoms with E-state index in [1.807, 2.05) is 24.4 Å². The molecule has 5 heteroatoms. The average molecular weight is 290 g/mol. The second kappa shape index (κ2) is 5.40. The molecule has 0 radical (unpaired) electrons. The van der Waals surface area contributed by atoms with Gasteiger partial charge in [0.25, 0.3) is 11.8 Å². The van der Waals surface area contributed by atoms with E-state index in [1.165, 1.54) is 16.2 Å². The molecule has 1 saturated heterocycles. The molecule has 0 saturated carbocycles. The minimum atomic E-state index is -0.124. The average Bonchev–Trinajstić information content (AvgIpc) is 3.14. The van der Waals surface area contributed by atoms with E-state index in [1.54, 1.807) is 0 Å². The van der Waals surface area contributed by atoms with Crippen LogP contribution in [0.15, 0.2) is 23.2 Å². The van der Waals surface area contributed by atoms with Gasteiger partial charge in [0.05, 0.1) is 5.57 Å².